The first-order valence-electron chi connectivity index (χ1n) is 46.0. The highest BCUT2D eigenvalue weighted by Gasteiger charge is 2.38. The van der Waals surface area contributed by atoms with Crippen LogP contribution in [0.4, 0.5) is 34.1 Å². The molecule has 0 saturated heterocycles. The summed E-state index contributed by atoms with van der Waals surface area (Å²) in [5.41, 5.74) is 42.8. The minimum atomic E-state index is -0.287. The molecule has 0 radical (unpaired) electrons. The minimum absolute atomic E-state index is 0.166. The Kier molecular flexibility index (Phi) is 18.3. The Bertz CT molecular complexity index is 8490. The molecule has 2 aromatic heterocycles. The molecule has 132 heavy (non-hydrogen) atoms. The molecule has 0 aliphatic heterocycles. The molecular formula is C128H90N4. The molecule has 0 fully saturated rings. The van der Waals surface area contributed by atoms with Crippen LogP contribution >= 0.6 is 0 Å². The van der Waals surface area contributed by atoms with E-state index in [-0.39, 0.29) is 10.8 Å². The van der Waals surface area contributed by atoms with Crippen molar-refractivity contribution in [3.05, 3.63) is 495 Å². The number of aromatic nitrogens is 2. The molecular weight excluding hydrogens is 1590 g/mol. The number of benzene rings is 21. The molecule has 23 aromatic rings. The lowest BCUT2D eigenvalue weighted by molar-refractivity contribution is 0.660. The lowest BCUT2D eigenvalue weighted by atomic mass is 9.81. The molecule has 0 N–H and O–H groups in total. The largest absolute Gasteiger partial charge is 0.310 e. The summed E-state index contributed by atoms with van der Waals surface area (Å²) >= 11 is 0. The van der Waals surface area contributed by atoms with Crippen molar-refractivity contribution < 1.29 is 0 Å². The van der Waals surface area contributed by atoms with Gasteiger partial charge in [0.15, 0.2) is 0 Å². The van der Waals surface area contributed by atoms with Crippen LogP contribution < -0.4 is 9.80 Å². The van der Waals surface area contributed by atoms with Crippen molar-refractivity contribution in [2.45, 2.75) is 38.5 Å². The predicted molar refractivity (Wildman–Crippen MR) is 558 cm³/mol. The summed E-state index contributed by atoms with van der Waals surface area (Å²) in [4.78, 5) is 4.86. The highest BCUT2D eigenvalue weighted by molar-refractivity contribution is 6.15. The first-order chi connectivity index (χ1) is 64.9. The van der Waals surface area contributed by atoms with E-state index in [1.807, 2.05) is 0 Å². The van der Waals surface area contributed by atoms with Gasteiger partial charge in [0, 0.05) is 77.9 Å². The fourth-order valence-corrected chi connectivity index (χ4v) is 21.9. The maximum Gasteiger partial charge on any atom is 0.0541 e. The van der Waals surface area contributed by atoms with Crippen LogP contribution in [-0.4, -0.2) is 9.13 Å². The number of hydrogen-bond acceptors (Lipinski definition) is 2. The molecule has 0 spiro atoms. The number of rotatable bonds is 16. The monoisotopic (exact) mass is 1680 g/mol. The van der Waals surface area contributed by atoms with Crippen molar-refractivity contribution in [2.24, 2.45) is 0 Å². The Hall–Kier alpha value is -16.7. The summed E-state index contributed by atoms with van der Waals surface area (Å²) in [7, 11) is 0. The third-order valence-corrected chi connectivity index (χ3v) is 28.6. The maximum absolute atomic E-state index is 2.45. The molecule has 0 saturated carbocycles. The molecule has 4 heteroatoms. The van der Waals surface area contributed by atoms with Crippen LogP contribution in [0.25, 0.3) is 188 Å². The van der Waals surface area contributed by atoms with Crippen molar-refractivity contribution in [3.63, 3.8) is 0 Å². The standard InChI is InChI=1S/C128H90N4/c1-127(2)119-37-21-18-34-111(119)113-70-67-101(81-121(113)127)129(99-63-52-90(53-64-99)103-72-74-105(109-32-16-14-30-107(103)109)93-57-76-125-117(78-93)115-35-19-22-38-123(115)131(125)95-26-10-6-11-27-95)98-61-50-88(51-62-98)86-42-40-84(41-43-86)85-44-46-89(47-45-85)92-56-69-112-114-71-68-102(82-122(114)128(3,4)120(112)80-92)130(97-59-48-87(49-60-97)83-24-8-5-9-25-83)100-65-54-91(55-66-100)104-73-75-106(110-33-17-15-31-108(104)110)94-58-77-126-118(79-94)116-36-20-23-39-124(116)132(126)96-28-12-7-13-29-96/h5-82H,1-4H3. The summed E-state index contributed by atoms with van der Waals surface area (Å²) in [6.45, 7) is 9.54. The van der Waals surface area contributed by atoms with Gasteiger partial charge in [-0.05, 0) is 295 Å². The zero-order valence-electron chi connectivity index (χ0n) is 73.8. The van der Waals surface area contributed by atoms with Crippen molar-refractivity contribution in [1.29, 1.82) is 0 Å². The van der Waals surface area contributed by atoms with E-state index in [4.69, 9.17) is 0 Å². The summed E-state index contributed by atoms with van der Waals surface area (Å²) in [6.07, 6.45) is 0. The van der Waals surface area contributed by atoms with Gasteiger partial charge in [-0.25, -0.2) is 0 Å². The Morgan fingerprint density at radius 2 is 0.402 bits per heavy atom. The van der Waals surface area contributed by atoms with Gasteiger partial charge < -0.3 is 18.9 Å². The van der Waals surface area contributed by atoms with Crippen molar-refractivity contribution in [2.75, 3.05) is 9.80 Å². The smallest absolute Gasteiger partial charge is 0.0541 e. The fraction of sp³-hybridized carbons (Fsp3) is 0.0469. The van der Waals surface area contributed by atoms with E-state index in [0.29, 0.717) is 0 Å². The first-order valence-corrected chi connectivity index (χ1v) is 46.0. The first kappa shape index (κ1) is 77.7. The molecule has 2 aliphatic rings. The second-order valence-electron chi connectivity index (χ2n) is 36.6. The van der Waals surface area contributed by atoms with E-state index < -0.39 is 0 Å². The summed E-state index contributed by atoms with van der Waals surface area (Å²) in [5.74, 6) is 0. The van der Waals surface area contributed by atoms with Crippen LogP contribution in [0.2, 0.25) is 0 Å². The molecule has 2 aliphatic carbocycles. The Morgan fingerprint density at radius 1 is 0.152 bits per heavy atom. The SMILES string of the molecule is CC1(C)c2ccccc2-c2ccc(N(c3ccc(-c4ccc(-c5ccc(-c6ccc7c(c6)C(C)(C)c6cc(N(c8ccc(-c9ccccc9)cc8)c8ccc(-c9ccc(-c%10ccc%11c(c%10)c%10ccccc%10n%11-c%10ccccc%10)c%10ccccc9%10)cc8)ccc6-7)cc5)cc4)cc3)c3ccc(-c4ccc(-c5ccc6c(c5)c5ccccc5n6-c5ccccc5)c5ccccc45)cc3)cc21. The van der Waals surface area contributed by atoms with E-state index in [0.717, 1.165) is 51.1 Å². The lowest BCUT2D eigenvalue weighted by Gasteiger charge is -2.28. The lowest BCUT2D eigenvalue weighted by Crippen LogP contribution is -2.16. The van der Waals surface area contributed by atoms with Crippen LogP contribution in [0, 0.1) is 0 Å². The predicted octanol–water partition coefficient (Wildman–Crippen LogP) is 35.1. The van der Waals surface area contributed by atoms with Gasteiger partial charge in [0.05, 0.1) is 22.1 Å². The molecule has 21 aromatic carbocycles. The van der Waals surface area contributed by atoms with Gasteiger partial charge in [-0.15, -0.1) is 0 Å². The quantitative estimate of drug-likeness (QED) is 0.0959. The van der Waals surface area contributed by atoms with E-state index >= 15 is 0 Å². The number of hydrogen-bond donors (Lipinski definition) is 0. The van der Waals surface area contributed by atoms with Crippen LogP contribution in [0.3, 0.4) is 0 Å². The van der Waals surface area contributed by atoms with E-state index in [2.05, 4.69) is 520 Å². The third kappa shape index (κ3) is 12.9. The average molecular weight is 1680 g/mol. The normalized spacial score (nSPS) is 12.8. The molecule has 25 rings (SSSR count). The summed E-state index contributed by atoms with van der Waals surface area (Å²) in [5, 5.41) is 9.88. The third-order valence-electron chi connectivity index (χ3n) is 28.6. The maximum atomic E-state index is 2.45. The van der Waals surface area contributed by atoms with Crippen LogP contribution in [0.1, 0.15) is 49.9 Å². The van der Waals surface area contributed by atoms with Gasteiger partial charge in [-0.2, -0.15) is 0 Å². The van der Waals surface area contributed by atoms with E-state index in [1.54, 1.807) is 0 Å². The van der Waals surface area contributed by atoms with Crippen LogP contribution in [-0.2, 0) is 10.8 Å². The number of nitrogens with zero attached hydrogens (tertiary/aromatic N) is 4. The topological polar surface area (TPSA) is 16.3 Å². The highest BCUT2D eigenvalue weighted by Crippen LogP contribution is 2.55. The van der Waals surface area contributed by atoms with Crippen molar-refractivity contribution in [3.8, 4) is 123 Å². The highest BCUT2D eigenvalue weighted by atomic mass is 15.1. The summed E-state index contributed by atoms with van der Waals surface area (Å²) in [6, 6.07) is 176. The number of para-hydroxylation sites is 4. The number of anilines is 6. The Balaban J connectivity index is 0.483. The molecule has 0 unspecified atom stereocenters. The molecule has 4 nitrogen and oxygen atoms in total. The van der Waals surface area contributed by atoms with Gasteiger partial charge in [0.1, 0.15) is 0 Å². The molecule has 0 amide bonds. The molecule has 0 atom stereocenters. The van der Waals surface area contributed by atoms with Crippen molar-refractivity contribution >= 4 is 99.3 Å². The van der Waals surface area contributed by atoms with E-state index in [9.17, 15) is 0 Å². The number of fused-ring (bicyclic) bond motifs is 14. The van der Waals surface area contributed by atoms with Gasteiger partial charge in [-0.1, -0.05) is 361 Å². The van der Waals surface area contributed by atoms with Gasteiger partial charge >= 0.3 is 0 Å². The summed E-state index contributed by atoms with van der Waals surface area (Å²) < 4.78 is 4.77. The van der Waals surface area contributed by atoms with Crippen LogP contribution in [0.15, 0.2) is 473 Å². The Labute approximate surface area is 769 Å². The second-order valence-corrected chi connectivity index (χ2v) is 36.6. The molecule has 2 heterocycles. The van der Waals surface area contributed by atoms with Gasteiger partial charge in [-0.3, -0.25) is 0 Å². The minimum Gasteiger partial charge on any atom is -0.310 e. The zero-order chi connectivity index (χ0) is 87.9. The van der Waals surface area contributed by atoms with Gasteiger partial charge in [0.2, 0.25) is 0 Å². The zero-order valence-corrected chi connectivity index (χ0v) is 73.8. The van der Waals surface area contributed by atoms with Crippen molar-refractivity contribution in [1.82, 2.24) is 9.13 Å². The molecule has 622 valence electrons. The van der Waals surface area contributed by atoms with Crippen LogP contribution in [0.5, 0.6) is 0 Å². The second kappa shape index (κ2) is 31.1. The Morgan fingerprint density at radius 3 is 0.803 bits per heavy atom. The fourth-order valence-electron chi connectivity index (χ4n) is 21.9. The molecule has 0 bridgehead atoms. The van der Waals surface area contributed by atoms with E-state index in [1.165, 1.54) is 193 Å². The van der Waals surface area contributed by atoms with Gasteiger partial charge in [0.25, 0.3) is 0 Å². The average Bonchev–Trinajstić information content (AvgIpc) is 1.59.